The number of hydrogen-bond donors (Lipinski definition) is 0. The summed E-state index contributed by atoms with van der Waals surface area (Å²) in [6.45, 7) is 3.43. The van der Waals surface area contributed by atoms with Crippen molar-refractivity contribution in [3.63, 3.8) is 0 Å². The lowest BCUT2D eigenvalue weighted by Gasteiger charge is -2.34. The third kappa shape index (κ3) is 3.56. The molecule has 0 radical (unpaired) electrons. The third-order valence-electron chi connectivity index (χ3n) is 4.52. The number of aromatic nitrogens is 1. The molecule has 3 aromatic rings. The van der Waals surface area contributed by atoms with E-state index in [-0.39, 0.29) is 5.91 Å². The van der Waals surface area contributed by atoms with Crippen LogP contribution in [0.4, 0.5) is 0 Å². The van der Waals surface area contributed by atoms with Crippen LogP contribution in [0.25, 0.3) is 11.1 Å². The van der Waals surface area contributed by atoms with Crippen LogP contribution in [-0.4, -0.2) is 46.9 Å². The molecule has 0 aliphatic carbocycles. The fourth-order valence-corrected chi connectivity index (χ4v) is 3.61. The number of halogens is 2. The number of nitrogens with zero attached hydrogens (tertiary/aromatic N) is 3. The van der Waals surface area contributed by atoms with E-state index in [0.717, 1.165) is 24.2 Å². The van der Waals surface area contributed by atoms with Crippen molar-refractivity contribution >= 4 is 40.2 Å². The van der Waals surface area contributed by atoms with Gasteiger partial charge in [0.05, 0.1) is 17.1 Å². The first kappa shape index (κ1) is 17.3. The van der Waals surface area contributed by atoms with Crippen LogP contribution in [-0.2, 0) is 6.54 Å². The number of para-hydroxylation sites is 2. The van der Waals surface area contributed by atoms with E-state index >= 15 is 0 Å². The maximum absolute atomic E-state index is 12.7. The van der Waals surface area contributed by atoms with Crippen molar-refractivity contribution in [1.82, 2.24) is 14.8 Å². The summed E-state index contributed by atoms with van der Waals surface area (Å²) in [6, 6.07) is 12.7. The van der Waals surface area contributed by atoms with Gasteiger partial charge in [0.2, 0.25) is 5.89 Å². The number of amides is 1. The van der Waals surface area contributed by atoms with Crippen molar-refractivity contribution in [2.24, 2.45) is 0 Å². The van der Waals surface area contributed by atoms with Crippen LogP contribution >= 0.6 is 23.2 Å². The van der Waals surface area contributed by atoms with Gasteiger partial charge in [-0.3, -0.25) is 9.69 Å². The molecule has 134 valence electrons. The molecule has 1 aliphatic heterocycles. The molecule has 0 saturated carbocycles. The molecule has 7 heteroatoms. The van der Waals surface area contributed by atoms with Gasteiger partial charge in [0.25, 0.3) is 5.91 Å². The minimum absolute atomic E-state index is 0.0619. The lowest BCUT2D eigenvalue weighted by Crippen LogP contribution is -2.48. The highest BCUT2D eigenvalue weighted by atomic mass is 35.5. The van der Waals surface area contributed by atoms with Crippen molar-refractivity contribution in [3.05, 3.63) is 64.0 Å². The highest BCUT2D eigenvalue weighted by Gasteiger charge is 2.24. The third-order valence-corrected chi connectivity index (χ3v) is 5.07. The molecule has 0 bridgehead atoms. The first-order valence-corrected chi connectivity index (χ1v) is 9.17. The Bertz CT molecular complexity index is 916. The Morgan fingerprint density at radius 2 is 1.85 bits per heavy atom. The van der Waals surface area contributed by atoms with Gasteiger partial charge in [-0.1, -0.05) is 35.3 Å². The summed E-state index contributed by atoms with van der Waals surface area (Å²) >= 11 is 12.1. The number of rotatable bonds is 3. The summed E-state index contributed by atoms with van der Waals surface area (Å²) in [7, 11) is 0. The maximum Gasteiger partial charge on any atom is 0.255 e. The van der Waals surface area contributed by atoms with E-state index in [1.54, 1.807) is 18.2 Å². The van der Waals surface area contributed by atoms with Gasteiger partial charge in [-0.15, -0.1) is 0 Å². The molecule has 0 atom stereocenters. The van der Waals surface area contributed by atoms with E-state index in [9.17, 15) is 4.79 Å². The molecule has 4 rings (SSSR count). The maximum atomic E-state index is 12.7. The van der Waals surface area contributed by atoms with Gasteiger partial charge in [-0.2, -0.15) is 0 Å². The normalized spacial score (nSPS) is 15.5. The number of carbonyl (C=O) groups is 1. The van der Waals surface area contributed by atoms with Crippen LogP contribution in [0.1, 0.15) is 16.2 Å². The smallest absolute Gasteiger partial charge is 0.255 e. The second-order valence-corrected chi connectivity index (χ2v) is 7.11. The minimum atomic E-state index is -0.0619. The summed E-state index contributed by atoms with van der Waals surface area (Å²) in [5.41, 5.74) is 2.16. The van der Waals surface area contributed by atoms with Crippen molar-refractivity contribution in [3.8, 4) is 0 Å². The molecular formula is C19H17Cl2N3O2. The lowest BCUT2D eigenvalue weighted by molar-refractivity contribution is 0.0619. The first-order chi connectivity index (χ1) is 12.6. The zero-order valence-corrected chi connectivity index (χ0v) is 15.5. The van der Waals surface area contributed by atoms with E-state index in [0.29, 0.717) is 41.1 Å². The molecule has 2 heterocycles. The van der Waals surface area contributed by atoms with Crippen LogP contribution < -0.4 is 0 Å². The fraction of sp³-hybridized carbons (Fsp3) is 0.263. The number of fused-ring (bicyclic) bond motifs is 1. The molecule has 5 nitrogen and oxygen atoms in total. The largest absolute Gasteiger partial charge is 0.439 e. The van der Waals surface area contributed by atoms with Gasteiger partial charge in [-0.25, -0.2) is 4.98 Å². The molecule has 1 amide bonds. The Kier molecular flexibility index (Phi) is 4.85. The predicted molar refractivity (Wildman–Crippen MR) is 102 cm³/mol. The minimum Gasteiger partial charge on any atom is -0.439 e. The second-order valence-electron chi connectivity index (χ2n) is 6.27. The molecule has 0 spiro atoms. The van der Waals surface area contributed by atoms with Crippen LogP contribution in [0.3, 0.4) is 0 Å². The summed E-state index contributed by atoms with van der Waals surface area (Å²) in [6.07, 6.45) is 0. The van der Waals surface area contributed by atoms with Crippen LogP contribution in [0.2, 0.25) is 10.0 Å². The lowest BCUT2D eigenvalue weighted by atomic mass is 10.2. The number of piperazine rings is 1. The van der Waals surface area contributed by atoms with Crippen molar-refractivity contribution in [1.29, 1.82) is 0 Å². The van der Waals surface area contributed by atoms with Gasteiger partial charge in [0.15, 0.2) is 5.58 Å². The van der Waals surface area contributed by atoms with Gasteiger partial charge >= 0.3 is 0 Å². The molecule has 2 aromatic carbocycles. The molecule has 1 aromatic heterocycles. The molecule has 0 unspecified atom stereocenters. The zero-order chi connectivity index (χ0) is 18.1. The SMILES string of the molecule is O=C(c1ccc(Cl)cc1Cl)N1CCN(Cc2nc3ccccc3o2)CC1. The monoisotopic (exact) mass is 389 g/mol. The average Bonchev–Trinajstić information content (AvgIpc) is 3.04. The van der Waals surface area contributed by atoms with E-state index in [1.165, 1.54) is 0 Å². The highest BCUT2D eigenvalue weighted by molar-refractivity contribution is 6.36. The van der Waals surface area contributed by atoms with Crippen LogP contribution in [0.5, 0.6) is 0 Å². The van der Waals surface area contributed by atoms with Crippen LogP contribution in [0, 0.1) is 0 Å². The van der Waals surface area contributed by atoms with Gasteiger partial charge in [0.1, 0.15) is 5.52 Å². The Morgan fingerprint density at radius 1 is 1.08 bits per heavy atom. The van der Waals surface area contributed by atoms with E-state index in [1.807, 2.05) is 29.2 Å². The Balaban J connectivity index is 1.38. The number of carbonyl (C=O) groups excluding carboxylic acids is 1. The van der Waals surface area contributed by atoms with Crippen LogP contribution in [0.15, 0.2) is 46.9 Å². The van der Waals surface area contributed by atoms with Crippen molar-refractivity contribution < 1.29 is 9.21 Å². The summed E-state index contributed by atoms with van der Waals surface area (Å²) in [5.74, 6) is 0.639. The molecule has 1 fully saturated rings. The standard InChI is InChI=1S/C19H17Cl2N3O2/c20-13-5-6-14(15(21)11-13)19(25)24-9-7-23(8-10-24)12-18-22-16-3-1-2-4-17(16)26-18/h1-6,11H,7-10,12H2. The molecular weight excluding hydrogens is 373 g/mol. The van der Waals surface area contributed by atoms with E-state index < -0.39 is 0 Å². The Morgan fingerprint density at radius 3 is 2.58 bits per heavy atom. The molecule has 26 heavy (non-hydrogen) atoms. The van der Waals surface area contributed by atoms with E-state index in [2.05, 4.69) is 9.88 Å². The number of oxazole rings is 1. The van der Waals surface area contributed by atoms with Crippen molar-refractivity contribution in [2.45, 2.75) is 6.54 Å². The zero-order valence-electron chi connectivity index (χ0n) is 14.0. The summed E-state index contributed by atoms with van der Waals surface area (Å²) in [4.78, 5) is 21.2. The molecule has 1 saturated heterocycles. The summed E-state index contributed by atoms with van der Waals surface area (Å²) < 4.78 is 5.78. The Hall–Kier alpha value is -2.08. The first-order valence-electron chi connectivity index (χ1n) is 8.41. The molecule has 0 N–H and O–H groups in total. The van der Waals surface area contributed by atoms with Gasteiger partial charge < -0.3 is 9.32 Å². The summed E-state index contributed by atoms with van der Waals surface area (Å²) in [5, 5.41) is 0.908. The van der Waals surface area contributed by atoms with Gasteiger partial charge in [-0.05, 0) is 30.3 Å². The number of hydrogen-bond acceptors (Lipinski definition) is 4. The van der Waals surface area contributed by atoms with Gasteiger partial charge in [0, 0.05) is 31.2 Å². The second kappa shape index (κ2) is 7.27. The molecule has 1 aliphatic rings. The number of benzene rings is 2. The topological polar surface area (TPSA) is 49.6 Å². The van der Waals surface area contributed by atoms with E-state index in [4.69, 9.17) is 27.6 Å². The fourth-order valence-electron chi connectivity index (χ4n) is 3.12. The highest BCUT2D eigenvalue weighted by Crippen LogP contribution is 2.23. The predicted octanol–water partition coefficient (Wildman–Crippen LogP) is 4.09. The van der Waals surface area contributed by atoms with Crippen molar-refractivity contribution in [2.75, 3.05) is 26.2 Å². The quantitative estimate of drug-likeness (QED) is 0.676. The average molecular weight is 390 g/mol. The Labute approximate surface area is 161 Å².